The first-order chi connectivity index (χ1) is 25.9. The molecule has 0 spiro atoms. The molecule has 2 N–H and O–H groups in total. The summed E-state index contributed by atoms with van der Waals surface area (Å²) in [5.41, 5.74) is 15.5. The first-order valence-corrected chi connectivity index (χ1v) is 23.8. The van der Waals surface area contributed by atoms with Gasteiger partial charge in [0.2, 0.25) is 0 Å². The van der Waals surface area contributed by atoms with E-state index in [1.807, 2.05) is 55.6 Å². The molecular weight excluding hydrogens is 884 g/mol. The van der Waals surface area contributed by atoms with E-state index in [2.05, 4.69) is 113 Å². The summed E-state index contributed by atoms with van der Waals surface area (Å²) in [5, 5.41) is 1.52. The van der Waals surface area contributed by atoms with E-state index in [1.54, 1.807) is 7.11 Å². The number of rotatable bonds is 8. The summed E-state index contributed by atoms with van der Waals surface area (Å²) in [7, 11) is -4.84. The van der Waals surface area contributed by atoms with E-state index in [0.29, 0.717) is 30.3 Å². The molecule has 0 bridgehead atoms. The van der Waals surface area contributed by atoms with Crippen LogP contribution in [0.5, 0.6) is 11.5 Å². The van der Waals surface area contributed by atoms with Crippen molar-refractivity contribution in [3.8, 4) is 33.8 Å². The molecule has 0 saturated carbocycles. The number of hydrogen-bond acceptors (Lipinski definition) is 9. The Morgan fingerprint density at radius 1 is 0.655 bits per heavy atom. The van der Waals surface area contributed by atoms with Crippen LogP contribution in [0.15, 0.2) is 72.8 Å². The molecule has 0 saturated heterocycles. The van der Waals surface area contributed by atoms with Crippen LogP contribution in [0.3, 0.4) is 0 Å². The van der Waals surface area contributed by atoms with Crippen LogP contribution in [0.25, 0.3) is 22.3 Å². The second kappa shape index (κ2) is 23.3. The number of nitrogens with two attached hydrogens (primary N) is 1. The number of hydrogen-bond donors (Lipinski definition) is 1. The van der Waals surface area contributed by atoms with E-state index < -0.39 is 28.2 Å². The summed E-state index contributed by atoms with van der Waals surface area (Å²) in [5.74, 6) is 3.19. The summed E-state index contributed by atoms with van der Waals surface area (Å²) < 4.78 is 66.7. The molecule has 0 amide bonds. The van der Waals surface area contributed by atoms with E-state index in [-0.39, 0.29) is 30.7 Å². The minimum atomic E-state index is -3.92. The third kappa shape index (κ3) is 18.2. The fourth-order valence-electron chi connectivity index (χ4n) is 6.58. The molecule has 0 aliphatic heterocycles. The molecular formula is C45H65NO8PPdS2-. The van der Waals surface area contributed by atoms with E-state index in [9.17, 15) is 0 Å². The van der Waals surface area contributed by atoms with Crippen molar-refractivity contribution in [2.75, 3.05) is 32.5 Å². The topological polar surface area (TPSA) is 159 Å². The molecule has 0 radical (unpaired) electrons. The molecule has 0 aliphatic rings. The van der Waals surface area contributed by atoms with Crippen molar-refractivity contribution in [1.82, 2.24) is 0 Å². The minimum Gasteiger partial charge on any atom is -0.748 e. The summed E-state index contributed by atoms with van der Waals surface area (Å²) in [6.07, 6.45) is 1.21. The van der Waals surface area contributed by atoms with Crippen molar-refractivity contribution >= 4 is 39.1 Å². The van der Waals surface area contributed by atoms with Gasteiger partial charge in [-0.15, -0.1) is 35.9 Å². The average Bonchev–Trinajstić information content (AvgIpc) is 3.05. The first kappa shape index (κ1) is 55.2. The molecule has 0 aliphatic carbocycles. The molecule has 0 unspecified atom stereocenters. The Balaban J connectivity index is 0.00000109. The molecule has 13 heteroatoms. The fraction of sp³-hybridized carbons (Fsp3) is 0.467. The van der Waals surface area contributed by atoms with Gasteiger partial charge in [0.05, 0.1) is 34.5 Å². The summed E-state index contributed by atoms with van der Waals surface area (Å²) in [4.78, 5) is 0. The molecule has 9 nitrogen and oxygen atoms in total. The van der Waals surface area contributed by atoms with Gasteiger partial charge in [-0.3, -0.25) is 0 Å². The molecule has 0 aromatic heterocycles. The van der Waals surface area contributed by atoms with Crippen LogP contribution < -0.4 is 20.5 Å². The monoisotopic (exact) mass is 948 g/mol. The summed E-state index contributed by atoms with van der Waals surface area (Å²) in [6, 6.07) is 27.9. The van der Waals surface area contributed by atoms with E-state index in [4.69, 9.17) is 41.1 Å². The van der Waals surface area contributed by atoms with Gasteiger partial charge in [0.15, 0.2) is 0 Å². The summed E-state index contributed by atoms with van der Waals surface area (Å²) >= 11 is 0. The van der Waals surface area contributed by atoms with Crippen LogP contribution in [0.1, 0.15) is 118 Å². The molecule has 0 heterocycles. The van der Waals surface area contributed by atoms with Gasteiger partial charge in [-0.2, -0.15) is 0 Å². The van der Waals surface area contributed by atoms with E-state index in [0.717, 1.165) is 28.3 Å². The molecule has 326 valence electrons. The number of anilines is 1. The maximum Gasteiger partial charge on any atom is 2.00 e. The number of benzene rings is 4. The van der Waals surface area contributed by atoms with Crippen molar-refractivity contribution in [2.24, 2.45) is 0 Å². The van der Waals surface area contributed by atoms with Crippen LogP contribution in [-0.2, 0) is 40.7 Å². The van der Waals surface area contributed by atoms with Crippen molar-refractivity contribution in [3.05, 3.63) is 95.6 Å². The molecule has 0 atom stereocenters. The van der Waals surface area contributed by atoms with Crippen LogP contribution in [0, 0.1) is 6.07 Å². The predicted molar refractivity (Wildman–Crippen MR) is 240 cm³/mol. The van der Waals surface area contributed by atoms with Gasteiger partial charge < -0.3 is 24.3 Å². The van der Waals surface area contributed by atoms with Crippen LogP contribution in [-0.4, -0.2) is 63.0 Å². The van der Waals surface area contributed by atoms with Crippen molar-refractivity contribution in [2.45, 2.75) is 111 Å². The van der Waals surface area contributed by atoms with E-state index in [1.165, 1.54) is 33.1 Å². The maximum atomic E-state index is 9.08. The SMILES string of the molecule is COc1ccc(OC)c(P(C(C)(C)C)C(C)(C)C)c1-c1c(C(C)C)cc(C(C)C)cc1C(C)C.CS(=O)(=O)[O-].CS(=O)(=O)[O-].Nc1ccccc1-c1[c-]cccc1.[Pd+2]. The molecule has 4 aromatic rings. The maximum absolute atomic E-state index is 9.08. The fourth-order valence-corrected chi connectivity index (χ4v) is 10.8. The molecule has 4 aromatic carbocycles. The Kier molecular flexibility index (Phi) is 22.1. The third-order valence-corrected chi connectivity index (χ3v) is 12.0. The molecule has 4 rings (SSSR count). The van der Waals surface area contributed by atoms with Crippen LogP contribution in [0.2, 0.25) is 0 Å². The van der Waals surface area contributed by atoms with Gasteiger partial charge in [-0.25, -0.2) is 16.8 Å². The number of para-hydroxylation sites is 1. The predicted octanol–water partition coefficient (Wildman–Crippen LogP) is 10.5. The Morgan fingerprint density at radius 2 is 1.07 bits per heavy atom. The Labute approximate surface area is 365 Å². The third-order valence-electron chi connectivity index (χ3n) is 8.45. The van der Waals surface area contributed by atoms with Crippen molar-refractivity contribution < 1.29 is 55.8 Å². The quantitative estimate of drug-likeness (QED) is 0.0596. The molecule has 58 heavy (non-hydrogen) atoms. The summed E-state index contributed by atoms with van der Waals surface area (Å²) in [6.45, 7) is 28.1. The van der Waals surface area contributed by atoms with Crippen molar-refractivity contribution in [3.63, 3.8) is 0 Å². The number of nitrogen functional groups attached to an aromatic ring is 1. The second-order valence-electron chi connectivity index (χ2n) is 16.7. The van der Waals surface area contributed by atoms with Gasteiger partial charge in [0, 0.05) is 23.4 Å². The number of methoxy groups -OCH3 is 2. The van der Waals surface area contributed by atoms with Gasteiger partial charge in [-0.1, -0.05) is 127 Å². The standard InChI is InChI=1S/C31H49O2P.C12H10N.2CH4O3S.Pd/c1-19(2)22-17-23(20(3)4)27(24(18-22)21(5)6)28-25(32-13)15-16-26(33-14)29(28)34(30(7,8)9)31(10,11)12;13-12-9-5-4-8-11(12)10-6-2-1-3-7-10;2*1-5(2,3)4;/h15-21H,1-14H3;1-6,8-9H,13H2;2*1H3,(H,2,3,4);/q;-1;;;+2/p-2. The van der Waals surface area contributed by atoms with E-state index >= 15 is 0 Å². The smallest absolute Gasteiger partial charge is 0.748 e. The van der Waals surface area contributed by atoms with Gasteiger partial charge in [-0.05, 0) is 74.2 Å². The van der Waals surface area contributed by atoms with Gasteiger partial charge >= 0.3 is 20.4 Å². The second-order valence-corrected chi connectivity index (χ2v) is 23.3. The van der Waals surface area contributed by atoms with Gasteiger partial charge in [0.1, 0.15) is 11.5 Å². The van der Waals surface area contributed by atoms with Crippen LogP contribution in [0.4, 0.5) is 5.69 Å². The zero-order chi connectivity index (χ0) is 44.3. The number of ether oxygens (including phenoxy) is 2. The molecule has 0 fully saturated rings. The van der Waals surface area contributed by atoms with Crippen molar-refractivity contribution in [1.29, 1.82) is 0 Å². The zero-order valence-corrected chi connectivity index (χ0v) is 41.2. The zero-order valence-electron chi connectivity index (χ0n) is 37.1. The Hall–Kier alpha value is -2.81. The van der Waals surface area contributed by atoms with Gasteiger partial charge in [0.25, 0.3) is 0 Å². The minimum absolute atomic E-state index is 0. The first-order valence-electron chi connectivity index (χ1n) is 18.8. The van der Waals surface area contributed by atoms with Crippen LogP contribution >= 0.6 is 7.92 Å². The normalized spacial score (nSPS) is 11.8. The average molecular weight is 950 g/mol. The Morgan fingerprint density at radius 3 is 1.41 bits per heavy atom. The Bertz CT molecular complexity index is 2020. The largest absolute Gasteiger partial charge is 2.00 e.